The second-order valence-electron chi connectivity index (χ2n) is 7.21. The highest BCUT2D eigenvalue weighted by Crippen LogP contribution is 2.24. The molecule has 1 aromatic carbocycles. The Labute approximate surface area is 163 Å². The Bertz CT molecular complexity index is 966. The van der Waals surface area contributed by atoms with Crippen molar-refractivity contribution in [3.05, 3.63) is 54.4 Å². The number of amides is 1. The highest BCUT2D eigenvalue weighted by Gasteiger charge is 2.27. The molecule has 1 amide bonds. The van der Waals surface area contributed by atoms with Crippen LogP contribution in [0.4, 0.5) is 0 Å². The van der Waals surface area contributed by atoms with E-state index in [1.807, 2.05) is 35.2 Å². The molecule has 0 radical (unpaired) electrons. The van der Waals surface area contributed by atoms with Gasteiger partial charge in [0.15, 0.2) is 12.3 Å². The van der Waals surface area contributed by atoms with Crippen LogP contribution < -0.4 is 4.74 Å². The van der Waals surface area contributed by atoms with Gasteiger partial charge in [-0.1, -0.05) is 18.2 Å². The Morgan fingerprint density at radius 3 is 3.04 bits per heavy atom. The molecule has 1 unspecified atom stereocenters. The minimum atomic E-state index is -0.0929. The number of carbonyl (C=O) groups is 1. The van der Waals surface area contributed by atoms with E-state index in [-0.39, 0.29) is 18.6 Å². The van der Waals surface area contributed by atoms with Crippen molar-refractivity contribution in [1.82, 2.24) is 19.8 Å². The molecule has 7 heteroatoms. The summed E-state index contributed by atoms with van der Waals surface area (Å²) in [5.41, 5.74) is 1.11. The molecule has 28 heavy (non-hydrogen) atoms. The molecule has 3 heterocycles. The lowest BCUT2D eigenvalue weighted by Crippen LogP contribution is -2.42. The lowest BCUT2D eigenvalue weighted by Gasteiger charge is -2.27. The molecule has 1 fully saturated rings. The maximum Gasteiger partial charge on any atom is 0.276 e. The summed E-state index contributed by atoms with van der Waals surface area (Å²) >= 11 is 0. The van der Waals surface area contributed by atoms with Gasteiger partial charge in [-0.3, -0.25) is 9.78 Å². The van der Waals surface area contributed by atoms with Gasteiger partial charge < -0.3 is 19.0 Å². The summed E-state index contributed by atoms with van der Waals surface area (Å²) in [7, 11) is 2.08. The lowest BCUT2D eigenvalue weighted by molar-refractivity contribution is 0.0690. The number of fused-ring (bicyclic) bond motifs is 1. The minimum absolute atomic E-state index is 0.0929. The third-order valence-electron chi connectivity index (χ3n) is 5.03. The zero-order chi connectivity index (χ0) is 19.5. The Balaban J connectivity index is 1.45. The van der Waals surface area contributed by atoms with Gasteiger partial charge in [0.05, 0.1) is 0 Å². The van der Waals surface area contributed by atoms with E-state index < -0.39 is 0 Å². The fraction of sp³-hybridized carbons (Fsp3) is 0.381. The Morgan fingerprint density at radius 2 is 2.14 bits per heavy atom. The van der Waals surface area contributed by atoms with Gasteiger partial charge in [-0.25, -0.2) is 4.98 Å². The van der Waals surface area contributed by atoms with Crippen LogP contribution in [0.5, 0.6) is 5.75 Å². The SMILES string of the molecule is CC1CN(C)CCCN1C(=O)c1coc(COc2cccc3cccnc23)n1. The summed E-state index contributed by atoms with van der Waals surface area (Å²) < 4.78 is 11.3. The molecule has 0 aliphatic carbocycles. The molecule has 3 aromatic rings. The number of para-hydroxylation sites is 1. The number of ether oxygens (including phenoxy) is 1. The zero-order valence-electron chi connectivity index (χ0n) is 16.2. The van der Waals surface area contributed by atoms with Gasteiger partial charge in [0, 0.05) is 30.7 Å². The average Bonchev–Trinajstić information content (AvgIpc) is 3.11. The van der Waals surface area contributed by atoms with E-state index in [1.54, 1.807) is 6.20 Å². The molecule has 0 N–H and O–H groups in total. The van der Waals surface area contributed by atoms with Crippen LogP contribution in [0.15, 0.2) is 47.2 Å². The predicted molar refractivity (Wildman–Crippen MR) is 105 cm³/mol. The van der Waals surface area contributed by atoms with Crippen LogP contribution in [-0.4, -0.2) is 58.4 Å². The van der Waals surface area contributed by atoms with Crippen LogP contribution in [-0.2, 0) is 6.61 Å². The molecule has 1 atom stereocenters. The van der Waals surface area contributed by atoms with Crippen molar-refractivity contribution in [2.45, 2.75) is 26.0 Å². The first-order chi connectivity index (χ1) is 13.6. The Hall–Kier alpha value is -2.93. The minimum Gasteiger partial charge on any atom is -0.482 e. The maximum absolute atomic E-state index is 12.9. The van der Waals surface area contributed by atoms with Crippen molar-refractivity contribution in [3.63, 3.8) is 0 Å². The zero-order valence-corrected chi connectivity index (χ0v) is 16.2. The number of benzene rings is 1. The molecule has 1 aliphatic heterocycles. The van der Waals surface area contributed by atoms with Crippen LogP contribution in [0.1, 0.15) is 29.7 Å². The Morgan fingerprint density at radius 1 is 1.29 bits per heavy atom. The molecule has 7 nitrogen and oxygen atoms in total. The first-order valence-corrected chi connectivity index (χ1v) is 9.52. The number of oxazole rings is 1. The molecule has 1 saturated heterocycles. The molecule has 0 bridgehead atoms. The number of carbonyl (C=O) groups excluding carboxylic acids is 1. The fourth-order valence-electron chi connectivity index (χ4n) is 3.63. The molecule has 0 spiro atoms. The van der Waals surface area contributed by atoms with Crippen LogP contribution >= 0.6 is 0 Å². The van der Waals surface area contributed by atoms with E-state index in [9.17, 15) is 4.79 Å². The van der Waals surface area contributed by atoms with Crippen LogP contribution in [0.2, 0.25) is 0 Å². The summed E-state index contributed by atoms with van der Waals surface area (Å²) in [6.45, 7) is 4.78. The standard InChI is InChI=1S/C21H24N4O3/c1-15-12-24(2)10-5-11-25(15)21(26)17-13-28-19(23-17)14-27-18-8-3-6-16-7-4-9-22-20(16)18/h3-4,6-9,13,15H,5,10-12,14H2,1-2H3. The molecule has 4 rings (SSSR count). The number of hydrogen-bond acceptors (Lipinski definition) is 6. The third-order valence-corrected chi connectivity index (χ3v) is 5.03. The first kappa shape index (κ1) is 18.4. The van der Waals surface area contributed by atoms with Crippen molar-refractivity contribution in [2.75, 3.05) is 26.7 Å². The van der Waals surface area contributed by atoms with E-state index in [2.05, 4.69) is 28.8 Å². The van der Waals surface area contributed by atoms with Gasteiger partial charge in [-0.05, 0) is 39.1 Å². The summed E-state index contributed by atoms with van der Waals surface area (Å²) in [5, 5.41) is 1.00. The average molecular weight is 380 g/mol. The lowest BCUT2D eigenvalue weighted by atomic mass is 10.2. The van der Waals surface area contributed by atoms with Crippen molar-refractivity contribution >= 4 is 16.8 Å². The third kappa shape index (κ3) is 3.84. The monoisotopic (exact) mass is 380 g/mol. The van der Waals surface area contributed by atoms with E-state index in [1.165, 1.54) is 6.26 Å². The highest BCUT2D eigenvalue weighted by molar-refractivity contribution is 5.92. The van der Waals surface area contributed by atoms with Crippen molar-refractivity contribution in [2.24, 2.45) is 0 Å². The van der Waals surface area contributed by atoms with Gasteiger partial charge in [0.2, 0.25) is 5.89 Å². The fourth-order valence-corrected chi connectivity index (χ4v) is 3.63. The molecule has 1 aliphatic rings. The number of pyridine rings is 1. The largest absolute Gasteiger partial charge is 0.482 e. The quantitative estimate of drug-likeness (QED) is 0.693. The molecular formula is C21H24N4O3. The van der Waals surface area contributed by atoms with Gasteiger partial charge >= 0.3 is 0 Å². The summed E-state index contributed by atoms with van der Waals surface area (Å²) in [4.78, 5) is 25.7. The van der Waals surface area contributed by atoms with Crippen LogP contribution in [0, 0.1) is 0 Å². The van der Waals surface area contributed by atoms with E-state index in [4.69, 9.17) is 9.15 Å². The number of hydrogen-bond donors (Lipinski definition) is 0. The molecule has 0 saturated carbocycles. The summed E-state index contributed by atoms with van der Waals surface area (Å²) in [6, 6.07) is 9.77. The highest BCUT2D eigenvalue weighted by atomic mass is 16.5. The summed E-state index contributed by atoms with van der Waals surface area (Å²) in [5.74, 6) is 0.939. The number of aromatic nitrogens is 2. The molecular weight excluding hydrogens is 356 g/mol. The van der Waals surface area contributed by atoms with Gasteiger partial charge in [-0.2, -0.15) is 0 Å². The second kappa shape index (κ2) is 7.98. The van der Waals surface area contributed by atoms with E-state index in [0.29, 0.717) is 17.3 Å². The molecule has 146 valence electrons. The number of nitrogens with zero attached hydrogens (tertiary/aromatic N) is 4. The maximum atomic E-state index is 12.9. The van der Waals surface area contributed by atoms with Gasteiger partial charge in [-0.15, -0.1) is 0 Å². The predicted octanol–water partition coefficient (Wildman–Crippen LogP) is 2.97. The van der Waals surface area contributed by atoms with E-state index >= 15 is 0 Å². The van der Waals surface area contributed by atoms with E-state index in [0.717, 1.165) is 37.0 Å². The van der Waals surface area contributed by atoms with Crippen LogP contribution in [0.3, 0.4) is 0 Å². The van der Waals surface area contributed by atoms with Gasteiger partial charge in [0.1, 0.15) is 17.5 Å². The number of rotatable bonds is 4. The van der Waals surface area contributed by atoms with Crippen LogP contribution in [0.25, 0.3) is 10.9 Å². The summed E-state index contributed by atoms with van der Waals surface area (Å²) in [6.07, 6.45) is 4.11. The number of likely N-dealkylation sites (N-methyl/N-ethyl adjacent to an activating group) is 1. The second-order valence-corrected chi connectivity index (χ2v) is 7.21. The van der Waals surface area contributed by atoms with Crippen molar-refractivity contribution in [3.8, 4) is 5.75 Å². The Kier molecular flexibility index (Phi) is 5.25. The normalized spacial score (nSPS) is 18.2. The smallest absolute Gasteiger partial charge is 0.276 e. The topological polar surface area (TPSA) is 71.7 Å². The van der Waals surface area contributed by atoms with Gasteiger partial charge in [0.25, 0.3) is 5.91 Å². The molecule has 2 aromatic heterocycles. The van der Waals surface area contributed by atoms with Crippen molar-refractivity contribution in [1.29, 1.82) is 0 Å². The first-order valence-electron chi connectivity index (χ1n) is 9.52. The van der Waals surface area contributed by atoms with Crippen molar-refractivity contribution < 1.29 is 13.9 Å².